The zero-order chi connectivity index (χ0) is 6.41. The van der Waals surface area contributed by atoms with Crippen LogP contribution in [-0.4, -0.2) is 14.0 Å². The molecule has 0 aliphatic heterocycles. The van der Waals surface area contributed by atoms with Gasteiger partial charge in [-0.1, -0.05) is 5.70 Å². The fraction of sp³-hybridized carbons (Fsp3) is 0.500. The molecule has 0 spiro atoms. The molecule has 48 valence electrons. The van der Waals surface area contributed by atoms with E-state index >= 15 is 0 Å². The molecule has 0 aromatic carbocycles. The predicted molar refractivity (Wildman–Crippen MR) is 41.7 cm³/mol. The first-order valence-corrected chi connectivity index (χ1v) is 6.61. The molecule has 0 unspecified atom stereocenters. The third kappa shape index (κ3) is 6.34. The van der Waals surface area contributed by atoms with Gasteiger partial charge in [-0.2, -0.15) is 0 Å². The van der Waals surface area contributed by atoms with E-state index in [4.69, 9.17) is 22.2 Å². The highest BCUT2D eigenvalue weighted by atomic mass is 35.7. The van der Waals surface area contributed by atoms with Crippen LogP contribution in [0.1, 0.15) is 6.92 Å². The van der Waals surface area contributed by atoms with Crippen molar-refractivity contribution in [3.05, 3.63) is 11.9 Å². The van der Waals surface area contributed by atoms with Gasteiger partial charge in [0.05, 0.1) is 0 Å². The summed E-state index contributed by atoms with van der Waals surface area (Å²) in [5.41, 5.74) is 1.81. The first kappa shape index (κ1) is 8.34. The lowest BCUT2D eigenvalue weighted by atomic mass is 10.7. The van der Waals surface area contributed by atoms with Crippen molar-refractivity contribution in [2.75, 3.05) is 6.54 Å². The maximum atomic E-state index is 5.49. The average Bonchev–Trinajstić information content (AvgIpc) is 1.66. The molecular weight excluding hydrogens is 161 g/mol. The van der Waals surface area contributed by atoms with Gasteiger partial charge >= 0.3 is 0 Å². The van der Waals surface area contributed by atoms with Gasteiger partial charge in [-0.05, 0) is 13.1 Å². The summed E-state index contributed by atoms with van der Waals surface area (Å²) in [4.78, 5) is 0. The van der Waals surface area contributed by atoms with Gasteiger partial charge in [0.1, 0.15) is 0 Å². The number of hydrogen-bond donors (Lipinski definition) is 1. The second-order valence-corrected chi connectivity index (χ2v) is 5.80. The summed E-state index contributed by atoms with van der Waals surface area (Å²) in [5.74, 6) is 0. The molecule has 0 fully saturated rings. The summed E-state index contributed by atoms with van der Waals surface area (Å²) in [6.07, 6.45) is 1.80. The van der Waals surface area contributed by atoms with Crippen molar-refractivity contribution in [3.63, 3.8) is 0 Å². The largest absolute Gasteiger partial charge is 0.392 e. The van der Waals surface area contributed by atoms with E-state index in [0.29, 0.717) is 0 Å². The summed E-state index contributed by atoms with van der Waals surface area (Å²) >= 11 is 11.0. The van der Waals surface area contributed by atoms with E-state index in [0.717, 1.165) is 6.54 Å². The zero-order valence-electron chi connectivity index (χ0n) is 4.70. The van der Waals surface area contributed by atoms with Crippen LogP contribution < -0.4 is 5.32 Å². The first-order valence-electron chi connectivity index (χ1n) is 2.45. The van der Waals surface area contributed by atoms with Gasteiger partial charge in [0, 0.05) is 6.54 Å². The Morgan fingerprint density at radius 2 is 2.25 bits per heavy atom. The van der Waals surface area contributed by atoms with E-state index in [1.165, 1.54) is 0 Å². The molecule has 1 nitrogen and oxygen atoms in total. The second kappa shape index (κ2) is 5.47. The van der Waals surface area contributed by atoms with Crippen molar-refractivity contribution < 1.29 is 0 Å². The van der Waals surface area contributed by atoms with Gasteiger partial charge in [-0.3, -0.25) is 0 Å². The van der Waals surface area contributed by atoms with E-state index in [2.05, 4.69) is 5.32 Å². The fourth-order valence-corrected chi connectivity index (χ4v) is 0.977. The lowest BCUT2D eigenvalue weighted by Crippen LogP contribution is -2.03. The van der Waals surface area contributed by atoms with Gasteiger partial charge in [0.25, 0.3) is 7.42 Å². The maximum absolute atomic E-state index is 5.49. The van der Waals surface area contributed by atoms with Crippen LogP contribution >= 0.6 is 22.2 Å². The number of hydrogen-bond acceptors (Lipinski definition) is 1. The standard InChI is InChI=1S/C4H9Cl2NSi/c1-2-7-3-4-8(5)6/h3-4,7-8H,2H2,1H3. The maximum Gasteiger partial charge on any atom is 0.261 e. The molecule has 4 heteroatoms. The fourth-order valence-electron chi connectivity index (χ4n) is 0.259. The van der Waals surface area contributed by atoms with Gasteiger partial charge < -0.3 is 5.32 Å². The molecule has 0 atom stereocenters. The summed E-state index contributed by atoms with van der Waals surface area (Å²) in [6, 6.07) is 0. The highest BCUT2D eigenvalue weighted by molar-refractivity contribution is 7.36. The minimum absolute atomic E-state index is 0.922. The van der Waals surface area contributed by atoms with Crippen molar-refractivity contribution in [1.82, 2.24) is 5.32 Å². The molecule has 0 saturated heterocycles. The van der Waals surface area contributed by atoms with E-state index in [1.54, 1.807) is 6.20 Å². The molecule has 0 aromatic heterocycles. The molecule has 0 heterocycles. The Balaban J connectivity index is 3.07. The Morgan fingerprint density at radius 1 is 1.62 bits per heavy atom. The third-order valence-electron chi connectivity index (χ3n) is 0.564. The Bertz CT molecular complexity index is 74.4. The van der Waals surface area contributed by atoms with Gasteiger partial charge in [0.2, 0.25) is 0 Å². The molecule has 0 saturated carbocycles. The summed E-state index contributed by atoms with van der Waals surface area (Å²) < 4.78 is 0. The molecule has 0 amide bonds. The minimum Gasteiger partial charge on any atom is -0.392 e. The van der Waals surface area contributed by atoms with Crippen LogP contribution in [0, 0.1) is 0 Å². The average molecular weight is 170 g/mol. The second-order valence-electron chi connectivity index (χ2n) is 1.25. The lowest BCUT2D eigenvalue weighted by Gasteiger charge is -1.89. The molecule has 0 aliphatic rings. The van der Waals surface area contributed by atoms with Gasteiger partial charge in [-0.15, -0.1) is 22.2 Å². The van der Waals surface area contributed by atoms with E-state index < -0.39 is 7.42 Å². The summed E-state index contributed by atoms with van der Waals surface area (Å²) in [6.45, 7) is 2.94. The minimum atomic E-state index is -1.50. The highest BCUT2D eigenvalue weighted by Crippen LogP contribution is 1.94. The van der Waals surface area contributed by atoms with Crippen molar-refractivity contribution in [1.29, 1.82) is 0 Å². The third-order valence-corrected chi connectivity index (χ3v) is 1.92. The van der Waals surface area contributed by atoms with Crippen LogP contribution in [0.5, 0.6) is 0 Å². The Hall–Kier alpha value is 0.337. The molecule has 0 radical (unpaired) electrons. The Labute approximate surface area is 60.7 Å². The van der Waals surface area contributed by atoms with E-state index in [9.17, 15) is 0 Å². The first-order chi connectivity index (χ1) is 3.77. The summed E-state index contributed by atoms with van der Waals surface area (Å²) in [5, 5.41) is 2.96. The van der Waals surface area contributed by atoms with Gasteiger partial charge in [0.15, 0.2) is 0 Å². The molecule has 8 heavy (non-hydrogen) atoms. The lowest BCUT2D eigenvalue weighted by molar-refractivity contribution is 0.921. The number of nitrogens with one attached hydrogen (secondary N) is 1. The smallest absolute Gasteiger partial charge is 0.261 e. The molecule has 0 rings (SSSR count). The van der Waals surface area contributed by atoms with Crippen LogP contribution in [-0.2, 0) is 0 Å². The van der Waals surface area contributed by atoms with Crippen LogP contribution in [0.3, 0.4) is 0 Å². The van der Waals surface area contributed by atoms with Crippen molar-refractivity contribution >= 4 is 29.6 Å². The monoisotopic (exact) mass is 169 g/mol. The van der Waals surface area contributed by atoms with E-state index in [1.807, 2.05) is 12.6 Å². The number of halogens is 2. The van der Waals surface area contributed by atoms with Crippen molar-refractivity contribution in [2.45, 2.75) is 6.92 Å². The van der Waals surface area contributed by atoms with E-state index in [-0.39, 0.29) is 0 Å². The molecule has 0 aliphatic carbocycles. The zero-order valence-corrected chi connectivity index (χ0v) is 7.36. The predicted octanol–water partition coefficient (Wildman–Crippen LogP) is 1.35. The number of rotatable bonds is 3. The van der Waals surface area contributed by atoms with Crippen molar-refractivity contribution in [3.8, 4) is 0 Å². The molecular formula is C4H9Cl2NSi. The topological polar surface area (TPSA) is 12.0 Å². The Morgan fingerprint density at radius 3 is 2.62 bits per heavy atom. The van der Waals surface area contributed by atoms with Crippen LogP contribution in [0.25, 0.3) is 0 Å². The SMILES string of the molecule is CCNC=C[SiH](Cl)Cl. The van der Waals surface area contributed by atoms with Crippen LogP contribution in [0.15, 0.2) is 11.9 Å². The molecule has 1 N–H and O–H groups in total. The normalized spacial score (nSPS) is 11.0. The van der Waals surface area contributed by atoms with Crippen LogP contribution in [0.4, 0.5) is 0 Å². The summed E-state index contributed by atoms with van der Waals surface area (Å²) in [7, 11) is -1.50. The van der Waals surface area contributed by atoms with Crippen LogP contribution in [0.2, 0.25) is 0 Å². The molecule has 0 aromatic rings. The quantitative estimate of drug-likeness (QED) is 0.498. The Kier molecular flexibility index (Phi) is 5.70. The van der Waals surface area contributed by atoms with Gasteiger partial charge in [-0.25, -0.2) is 0 Å². The molecule has 0 bridgehead atoms. The van der Waals surface area contributed by atoms with Crippen molar-refractivity contribution in [2.24, 2.45) is 0 Å². The highest BCUT2D eigenvalue weighted by Gasteiger charge is 1.89.